The number of carboxylic acid groups (broad SMARTS) is 2. The Morgan fingerprint density at radius 2 is 0.837 bits per heavy atom. The molecule has 0 amide bonds. The molecule has 0 aromatic rings. The van der Waals surface area contributed by atoms with Crippen LogP contribution in [-0.2, 0) is 18.7 Å². The number of phosphoric acid groups is 1. The van der Waals surface area contributed by atoms with Crippen LogP contribution in [-0.4, -0.2) is 33.4 Å². The molecular weight excluding hydrogens is 650 g/mol. The van der Waals surface area contributed by atoms with Gasteiger partial charge in [-0.25, -0.2) is 4.57 Å². The Morgan fingerprint density at radius 1 is 0.531 bits per heavy atom. The predicted molar refractivity (Wildman–Crippen MR) is 196 cm³/mol. The van der Waals surface area contributed by atoms with Crippen LogP contribution >= 0.6 is 7.82 Å². The fourth-order valence-corrected chi connectivity index (χ4v) is 6.50. The maximum Gasteiger partial charge on any atom is 1.00 e. The number of carbonyl (C=O) groups excluding carboxylic acids is 1. The molecule has 10 heteroatoms. The summed E-state index contributed by atoms with van der Waals surface area (Å²) in [4.78, 5) is 39.2. The van der Waals surface area contributed by atoms with E-state index in [1.807, 2.05) is 0 Å². The normalized spacial score (nSPS) is 12.5. The number of rotatable bonds is 38. The van der Waals surface area contributed by atoms with Gasteiger partial charge in [0.2, 0.25) is 0 Å². The molecular formula is C39H72NaO8P. The van der Waals surface area contributed by atoms with Gasteiger partial charge in [-0.3, -0.25) is 9.32 Å². The Labute approximate surface area is 322 Å². The molecule has 49 heavy (non-hydrogen) atoms. The van der Waals surface area contributed by atoms with Crippen LogP contribution in [0.15, 0.2) is 24.3 Å². The Morgan fingerprint density at radius 3 is 1.16 bits per heavy atom. The Balaban J connectivity index is 0. The van der Waals surface area contributed by atoms with Gasteiger partial charge in [-0.1, -0.05) is 133 Å². The smallest absolute Gasteiger partial charge is 0.550 e. The third-order valence-corrected chi connectivity index (χ3v) is 9.53. The standard InChI is InChI=1S/C39H73O8P.Na/c40-38(41)34-30-26-22-18-14-10-6-2-1-4-8-12-16-20-24-28-32-37(36-47-48(44,45)46)33-29-25-21-17-13-9-5-3-7-11-15-19-23-27-31-35-39(42)43;/h2-3,6-7,37H,1,4-5,8-36H2,(H,40,41)(H,42,43)(H2,44,45,46);/q;+1/p-1/b6-2-,7-3-;/t37-;/m1./s1. The van der Waals surface area contributed by atoms with Crippen molar-refractivity contribution < 1.29 is 68.2 Å². The van der Waals surface area contributed by atoms with Crippen molar-refractivity contribution in [1.29, 1.82) is 0 Å². The summed E-state index contributed by atoms with van der Waals surface area (Å²) >= 11 is 0. The van der Waals surface area contributed by atoms with Crippen molar-refractivity contribution >= 4 is 19.8 Å². The van der Waals surface area contributed by atoms with Crippen molar-refractivity contribution in [2.45, 2.75) is 199 Å². The molecule has 0 bridgehead atoms. The average molecular weight is 723 g/mol. The average Bonchev–Trinajstić information content (AvgIpc) is 3.03. The number of hydrogen-bond acceptors (Lipinski definition) is 5. The van der Waals surface area contributed by atoms with E-state index >= 15 is 0 Å². The number of carboxylic acids is 2. The zero-order chi connectivity index (χ0) is 35.4. The molecule has 0 saturated heterocycles. The van der Waals surface area contributed by atoms with E-state index in [0.717, 1.165) is 96.3 Å². The van der Waals surface area contributed by atoms with Crippen LogP contribution in [0.1, 0.15) is 199 Å². The molecule has 0 aliphatic heterocycles. The minimum absolute atomic E-state index is 0. The monoisotopic (exact) mass is 722 g/mol. The summed E-state index contributed by atoms with van der Waals surface area (Å²) in [6, 6.07) is 0. The molecule has 0 aromatic carbocycles. The second kappa shape index (κ2) is 38.8. The summed E-state index contributed by atoms with van der Waals surface area (Å²) in [7, 11) is -4.43. The van der Waals surface area contributed by atoms with Crippen molar-refractivity contribution in [2.75, 3.05) is 6.61 Å². The third-order valence-electron chi connectivity index (χ3n) is 9.04. The van der Waals surface area contributed by atoms with Crippen molar-refractivity contribution in [3.8, 4) is 0 Å². The quantitative estimate of drug-likeness (QED) is 0.0254. The topological polar surface area (TPSA) is 144 Å². The molecule has 0 aliphatic rings. The van der Waals surface area contributed by atoms with E-state index in [0.29, 0.717) is 6.42 Å². The minimum atomic E-state index is -4.43. The van der Waals surface area contributed by atoms with Gasteiger partial charge in [0.15, 0.2) is 0 Å². The van der Waals surface area contributed by atoms with E-state index in [-0.39, 0.29) is 48.5 Å². The first kappa shape index (κ1) is 50.6. The van der Waals surface area contributed by atoms with E-state index in [1.54, 1.807) is 0 Å². The van der Waals surface area contributed by atoms with Gasteiger partial charge in [-0.2, -0.15) is 0 Å². The molecule has 0 radical (unpaired) electrons. The summed E-state index contributed by atoms with van der Waals surface area (Å²) in [6.07, 6.45) is 42.2. The van der Waals surface area contributed by atoms with Gasteiger partial charge in [0.25, 0.3) is 0 Å². The largest absolute Gasteiger partial charge is 1.00 e. The van der Waals surface area contributed by atoms with Crippen molar-refractivity contribution in [2.24, 2.45) is 5.92 Å². The molecule has 0 aromatic heterocycles. The molecule has 0 rings (SSSR count). The summed E-state index contributed by atoms with van der Waals surface area (Å²) < 4.78 is 16.1. The summed E-state index contributed by atoms with van der Waals surface area (Å²) in [6.45, 7) is 0.152. The minimum Gasteiger partial charge on any atom is -0.550 e. The molecule has 0 fully saturated rings. The molecule has 8 nitrogen and oxygen atoms in total. The molecule has 0 spiro atoms. The van der Waals surface area contributed by atoms with E-state index in [1.165, 1.54) is 89.9 Å². The summed E-state index contributed by atoms with van der Waals surface area (Å²) in [5.74, 6) is -1.42. The Kier molecular flexibility index (Phi) is 40.0. The first-order chi connectivity index (χ1) is 23.2. The molecule has 0 saturated carbocycles. The second-order valence-electron chi connectivity index (χ2n) is 13.7. The number of aliphatic carboxylic acids is 2. The summed E-state index contributed by atoms with van der Waals surface area (Å²) in [5, 5.41) is 19.0. The van der Waals surface area contributed by atoms with Crippen LogP contribution in [0.2, 0.25) is 0 Å². The van der Waals surface area contributed by atoms with E-state index < -0.39 is 19.8 Å². The SMILES string of the molecule is O=C([O-])CCCCCCC/C=C\CCCCCCCCC[C@H](CCCCCCCC/C=C\CCCCCCCC(=O)O)COP(=O)(O)O.[Na+]. The van der Waals surface area contributed by atoms with Gasteiger partial charge in [0.1, 0.15) is 0 Å². The van der Waals surface area contributed by atoms with Gasteiger partial charge in [-0.15, -0.1) is 0 Å². The number of carbonyl (C=O) groups is 2. The molecule has 0 heterocycles. The maximum absolute atomic E-state index is 11.3. The molecule has 3 N–H and O–H groups in total. The zero-order valence-electron chi connectivity index (χ0n) is 31.3. The number of phosphoric ester groups is 1. The van der Waals surface area contributed by atoms with E-state index in [9.17, 15) is 29.0 Å². The van der Waals surface area contributed by atoms with Crippen molar-refractivity contribution in [3.05, 3.63) is 24.3 Å². The van der Waals surface area contributed by atoms with Gasteiger partial charge >= 0.3 is 43.3 Å². The third kappa shape index (κ3) is 45.5. The van der Waals surface area contributed by atoms with E-state index in [4.69, 9.17) is 9.63 Å². The maximum atomic E-state index is 11.3. The second-order valence-corrected chi connectivity index (χ2v) is 15.0. The fourth-order valence-electron chi connectivity index (χ4n) is 6.10. The van der Waals surface area contributed by atoms with E-state index in [2.05, 4.69) is 24.3 Å². The molecule has 282 valence electrons. The van der Waals surface area contributed by atoms with Crippen LogP contribution < -0.4 is 34.7 Å². The van der Waals surface area contributed by atoms with Gasteiger partial charge in [-0.05, 0) is 89.4 Å². The number of unbranched alkanes of at least 4 members (excludes halogenated alkanes) is 23. The number of hydrogen-bond donors (Lipinski definition) is 3. The Hall–Kier alpha value is -0.470. The van der Waals surface area contributed by atoms with Crippen LogP contribution in [0.5, 0.6) is 0 Å². The Bertz CT molecular complexity index is 845. The first-order valence-corrected chi connectivity index (χ1v) is 21.2. The van der Waals surface area contributed by atoms with Crippen LogP contribution in [0.25, 0.3) is 0 Å². The van der Waals surface area contributed by atoms with Crippen LogP contribution in [0, 0.1) is 5.92 Å². The van der Waals surface area contributed by atoms with Gasteiger partial charge in [0.05, 0.1) is 6.61 Å². The van der Waals surface area contributed by atoms with Crippen LogP contribution in [0.3, 0.4) is 0 Å². The van der Waals surface area contributed by atoms with Crippen molar-refractivity contribution in [3.63, 3.8) is 0 Å². The first-order valence-electron chi connectivity index (χ1n) is 19.6. The van der Waals surface area contributed by atoms with Crippen molar-refractivity contribution in [1.82, 2.24) is 0 Å². The number of allylic oxidation sites excluding steroid dienone is 4. The molecule has 1 atom stereocenters. The van der Waals surface area contributed by atoms with Gasteiger partial charge < -0.3 is 24.8 Å². The van der Waals surface area contributed by atoms with Gasteiger partial charge in [0, 0.05) is 12.4 Å². The fraction of sp³-hybridized carbons (Fsp3) is 0.846. The molecule has 0 aliphatic carbocycles. The summed E-state index contributed by atoms with van der Waals surface area (Å²) in [5.41, 5.74) is 0. The van der Waals surface area contributed by atoms with Crippen LogP contribution in [0.4, 0.5) is 0 Å². The zero-order valence-corrected chi connectivity index (χ0v) is 34.2. The molecule has 0 unspecified atom stereocenters. The predicted octanol–water partition coefficient (Wildman–Crippen LogP) is 7.76.